The normalized spacial score (nSPS) is 19.4. The Hall–Kier alpha value is -1.40. The van der Waals surface area contributed by atoms with E-state index in [1.54, 1.807) is 21.1 Å². The van der Waals surface area contributed by atoms with Crippen LogP contribution in [0.1, 0.15) is 0 Å². The van der Waals surface area contributed by atoms with Crippen molar-refractivity contribution in [3.05, 3.63) is 30.3 Å². The van der Waals surface area contributed by atoms with Gasteiger partial charge in [-0.25, -0.2) is 0 Å². The first-order valence-electron chi connectivity index (χ1n) is 5.07. The van der Waals surface area contributed by atoms with Crippen molar-refractivity contribution < 1.29 is 9.79 Å². The number of aliphatic hydroxyl groups excluding tert-OH is 1. The summed E-state index contributed by atoms with van der Waals surface area (Å²) in [5.74, 6) is 0.695. The zero-order chi connectivity index (χ0) is 11.0. The molecule has 1 N–H and O–H groups in total. The molecule has 0 fully saturated rings. The van der Waals surface area contributed by atoms with Crippen molar-refractivity contribution in [1.82, 2.24) is 15.1 Å². The number of hydrogen-bond acceptors (Lipinski definition) is 4. The molecule has 0 aliphatic carbocycles. The smallest absolute Gasteiger partial charge is 0.323 e. The number of benzene rings is 1. The van der Waals surface area contributed by atoms with Crippen LogP contribution < -0.4 is 4.68 Å². The Kier molecular flexibility index (Phi) is 2.37. The summed E-state index contributed by atoms with van der Waals surface area (Å²) in [4.78, 5) is 0. The maximum atomic E-state index is 9.52. The lowest BCUT2D eigenvalue weighted by Crippen LogP contribution is -2.47. The molecule has 82 valence electrons. The molecule has 3 rings (SSSR count). The van der Waals surface area contributed by atoms with Gasteiger partial charge in [0.25, 0.3) is 0 Å². The second kappa shape index (κ2) is 3.88. The summed E-state index contributed by atoms with van der Waals surface area (Å²) in [6, 6.07) is 9.88. The Morgan fingerprint density at radius 3 is 3.00 bits per heavy atom. The Morgan fingerprint density at radius 2 is 2.19 bits per heavy atom. The zero-order valence-corrected chi connectivity index (χ0v) is 9.34. The minimum atomic E-state index is -0.330. The minimum Gasteiger partial charge on any atom is -0.389 e. The molecule has 1 unspecified atom stereocenters. The second-order valence-electron chi connectivity index (χ2n) is 3.66. The van der Waals surface area contributed by atoms with Crippen LogP contribution in [0, 0.1) is 0 Å². The summed E-state index contributed by atoms with van der Waals surface area (Å²) in [5.41, 5.74) is 0.993. The third kappa shape index (κ3) is 1.60. The molecule has 1 atom stereocenters. The Balaban J connectivity index is 2.04. The molecule has 1 aliphatic rings. The summed E-state index contributed by atoms with van der Waals surface area (Å²) >= 11 is 1.58. The third-order valence-corrected chi connectivity index (χ3v) is 3.62. The van der Waals surface area contributed by atoms with E-state index in [0.29, 0.717) is 12.3 Å². The molecule has 0 saturated heterocycles. The SMILES string of the molecule is OC1CSc2n(-c3ccccc3)nn[n+]2C1. The van der Waals surface area contributed by atoms with Gasteiger partial charge < -0.3 is 5.11 Å². The van der Waals surface area contributed by atoms with E-state index in [0.717, 1.165) is 10.8 Å². The van der Waals surface area contributed by atoms with Crippen molar-refractivity contribution >= 4 is 11.8 Å². The van der Waals surface area contributed by atoms with E-state index in [-0.39, 0.29) is 6.10 Å². The van der Waals surface area contributed by atoms with Gasteiger partial charge in [0.2, 0.25) is 0 Å². The number of thioether (sulfide) groups is 1. The van der Waals surface area contributed by atoms with Crippen molar-refractivity contribution in [3.63, 3.8) is 0 Å². The first-order chi connectivity index (χ1) is 7.84. The summed E-state index contributed by atoms with van der Waals surface area (Å²) in [7, 11) is 0. The molecule has 2 aromatic rings. The van der Waals surface area contributed by atoms with Crippen molar-refractivity contribution in [2.45, 2.75) is 17.8 Å². The van der Waals surface area contributed by atoms with Gasteiger partial charge in [-0.05, 0) is 28.6 Å². The van der Waals surface area contributed by atoms with Gasteiger partial charge in [-0.2, -0.15) is 0 Å². The van der Waals surface area contributed by atoms with Gasteiger partial charge in [0.15, 0.2) is 5.21 Å². The van der Waals surface area contributed by atoms with E-state index >= 15 is 0 Å². The second-order valence-corrected chi connectivity index (χ2v) is 4.64. The summed E-state index contributed by atoms with van der Waals surface area (Å²) in [6.07, 6.45) is -0.330. The number of nitrogens with zero attached hydrogens (tertiary/aromatic N) is 4. The molecule has 6 heteroatoms. The standard InChI is InChI=1S/C10H11N4OS/c15-9-6-13-10(16-7-9)14(12-11-13)8-4-2-1-3-5-8/h1-5,9,15H,6-7H2/q+1. The lowest BCUT2D eigenvalue weighted by atomic mass is 10.3. The number of aromatic nitrogens is 4. The number of rotatable bonds is 1. The maximum Gasteiger partial charge on any atom is 0.323 e. The predicted molar refractivity (Wildman–Crippen MR) is 58.3 cm³/mol. The van der Waals surface area contributed by atoms with Crippen LogP contribution in [0.3, 0.4) is 0 Å². The average molecular weight is 235 g/mol. The summed E-state index contributed by atoms with van der Waals surface area (Å²) in [6.45, 7) is 0.523. The lowest BCUT2D eigenvalue weighted by Gasteiger charge is -2.12. The van der Waals surface area contributed by atoms with Gasteiger partial charge in [0.1, 0.15) is 17.4 Å². The molecular formula is C10H11N4OS+. The molecule has 0 saturated carbocycles. The molecule has 2 heterocycles. The van der Waals surface area contributed by atoms with Crippen LogP contribution >= 0.6 is 11.8 Å². The fourth-order valence-electron chi connectivity index (χ4n) is 1.68. The predicted octanol–water partition coefficient (Wildman–Crippen LogP) is 0.0214. The molecule has 1 aromatic heterocycles. The van der Waals surface area contributed by atoms with E-state index in [9.17, 15) is 5.11 Å². The highest BCUT2D eigenvalue weighted by molar-refractivity contribution is 7.99. The molecule has 0 spiro atoms. The van der Waals surface area contributed by atoms with Crippen LogP contribution in [-0.4, -0.2) is 32.1 Å². The minimum absolute atomic E-state index is 0.330. The third-order valence-electron chi connectivity index (χ3n) is 2.43. The molecule has 1 aliphatic heterocycles. The highest BCUT2D eigenvalue weighted by atomic mass is 32.2. The van der Waals surface area contributed by atoms with Crippen LogP contribution in [0.2, 0.25) is 0 Å². The number of fused-ring (bicyclic) bond motifs is 1. The van der Waals surface area contributed by atoms with Crippen molar-refractivity contribution in [2.75, 3.05) is 5.75 Å². The van der Waals surface area contributed by atoms with E-state index in [2.05, 4.69) is 10.4 Å². The van der Waals surface area contributed by atoms with E-state index in [4.69, 9.17) is 0 Å². The first kappa shape index (κ1) is 9.80. The van der Waals surface area contributed by atoms with Gasteiger partial charge >= 0.3 is 5.16 Å². The van der Waals surface area contributed by atoms with Crippen molar-refractivity contribution in [2.24, 2.45) is 0 Å². The number of hydrogen-bond donors (Lipinski definition) is 1. The first-order valence-corrected chi connectivity index (χ1v) is 6.05. The van der Waals surface area contributed by atoms with Gasteiger partial charge in [0, 0.05) is 5.75 Å². The maximum absolute atomic E-state index is 9.52. The van der Waals surface area contributed by atoms with Crippen LogP contribution in [0.15, 0.2) is 35.5 Å². The number of para-hydroxylation sites is 1. The van der Waals surface area contributed by atoms with Crippen molar-refractivity contribution in [1.29, 1.82) is 0 Å². The highest BCUT2D eigenvalue weighted by Crippen LogP contribution is 2.20. The number of tetrazole rings is 1. The van der Waals surface area contributed by atoms with Crippen LogP contribution in [0.5, 0.6) is 0 Å². The van der Waals surface area contributed by atoms with E-state index in [1.807, 2.05) is 30.3 Å². The molecule has 0 bridgehead atoms. The van der Waals surface area contributed by atoms with Gasteiger partial charge in [0.05, 0.1) is 6.10 Å². The fraction of sp³-hybridized carbons (Fsp3) is 0.300. The molecule has 16 heavy (non-hydrogen) atoms. The Labute approximate surface area is 96.7 Å². The van der Waals surface area contributed by atoms with E-state index < -0.39 is 0 Å². The molecule has 1 aromatic carbocycles. The molecule has 5 nitrogen and oxygen atoms in total. The Morgan fingerprint density at radius 1 is 1.38 bits per heavy atom. The quantitative estimate of drug-likeness (QED) is 0.708. The monoisotopic (exact) mass is 235 g/mol. The van der Waals surface area contributed by atoms with Crippen molar-refractivity contribution in [3.8, 4) is 5.69 Å². The van der Waals surface area contributed by atoms with E-state index in [1.165, 1.54) is 0 Å². The summed E-state index contributed by atoms with van der Waals surface area (Å²) < 4.78 is 3.54. The van der Waals surface area contributed by atoms with Crippen LogP contribution in [0.25, 0.3) is 5.69 Å². The summed E-state index contributed by atoms with van der Waals surface area (Å²) in [5, 5.41) is 18.6. The Bertz CT molecular complexity index is 499. The average Bonchev–Trinajstić information content (AvgIpc) is 2.73. The van der Waals surface area contributed by atoms with Gasteiger partial charge in [-0.1, -0.05) is 18.2 Å². The van der Waals surface area contributed by atoms with Crippen LogP contribution in [-0.2, 0) is 6.54 Å². The fourth-order valence-corrected chi connectivity index (χ4v) is 2.65. The van der Waals surface area contributed by atoms with Crippen LogP contribution in [0.4, 0.5) is 0 Å². The molecular weight excluding hydrogens is 224 g/mol. The largest absolute Gasteiger partial charge is 0.389 e. The number of aliphatic hydroxyl groups is 1. The zero-order valence-electron chi connectivity index (χ0n) is 8.52. The highest BCUT2D eigenvalue weighted by Gasteiger charge is 2.29. The van der Waals surface area contributed by atoms with Gasteiger partial charge in [-0.15, -0.1) is 4.68 Å². The topological polar surface area (TPSA) is 54.8 Å². The molecule has 0 radical (unpaired) electrons. The van der Waals surface area contributed by atoms with Gasteiger partial charge in [-0.3, -0.25) is 0 Å². The molecule has 0 amide bonds. The lowest BCUT2D eigenvalue weighted by molar-refractivity contribution is -0.794.